The lowest BCUT2D eigenvalue weighted by Gasteiger charge is -2.28. The molecule has 2 heterocycles. The van der Waals surface area contributed by atoms with Crippen molar-refractivity contribution in [2.45, 2.75) is 57.3 Å². The maximum Gasteiger partial charge on any atom is 0.0732 e. The Bertz CT molecular complexity index is 140. The van der Waals surface area contributed by atoms with Crippen LogP contribution in [0.25, 0.3) is 0 Å². The van der Waals surface area contributed by atoms with Crippen molar-refractivity contribution < 1.29 is 4.74 Å². The Labute approximate surface area is 74.7 Å². The summed E-state index contributed by atoms with van der Waals surface area (Å²) in [7, 11) is 0. The Hall–Kier alpha value is -0.0800. The fourth-order valence-electron chi connectivity index (χ4n) is 2.33. The second kappa shape index (κ2) is 3.75. The highest BCUT2D eigenvalue weighted by atomic mass is 16.5. The zero-order valence-corrected chi connectivity index (χ0v) is 7.88. The van der Waals surface area contributed by atoms with Gasteiger partial charge >= 0.3 is 0 Å². The standard InChI is InChI=1S/C10H19NO/c1-8-5-6-10(12-8)9-4-2-3-7-11-9/h8-11H,2-7H2,1H3. The first-order valence-corrected chi connectivity index (χ1v) is 5.25. The molecule has 2 rings (SSSR count). The molecule has 0 aromatic rings. The molecule has 70 valence electrons. The first-order valence-electron chi connectivity index (χ1n) is 5.25. The third kappa shape index (κ3) is 1.80. The largest absolute Gasteiger partial charge is 0.374 e. The van der Waals surface area contributed by atoms with Gasteiger partial charge in [0.2, 0.25) is 0 Å². The van der Waals surface area contributed by atoms with Crippen LogP contribution in [0, 0.1) is 0 Å². The lowest BCUT2D eigenvalue weighted by atomic mass is 9.98. The van der Waals surface area contributed by atoms with E-state index >= 15 is 0 Å². The summed E-state index contributed by atoms with van der Waals surface area (Å²) < 4.78 is 5.84. The SMILES string of the molecule is CC1CCC(C2CCCCN2)O1. The minimum atomic E-state index is 0.499. The molecule has 3 atom stereocenters. The Morgan fingerprint density at radius 2 is 2.08 bits per heavy atom. The summed E-state index contributed by atoms with van der Waals surface area (Å²) in [5.41, 5.74) is 0. The van der Waals surface area contributed by atoms with Gasteiger partial charge in [0, 0.05) is 6.04 Å². The van der Waals surface area contributed by atoms with Crippen LogP contribution in [0.1, 0.15) is 39.0 Å². The van der Waals surface area contributed by atoms with E-state index in [9.17, 15) is 0 Å². The summed E-state index contributed by atoms with van der Waals surface area (Å²) in [6, 6.07) is 0.656. The molecule has 1 N–H and O–H groups in total. The molecular formula is C10H19NO. The average Bonchev–Trinajstić information content (AvgIpc) is 2.54. The molecule has 12 heavy (non-hydrogen) atoms. The number of nitrogens with one attached hydrogen (secondary N) is 1. The van der Waals surface area contributed by atoms with Crippen LogP contribution in [0.2, 0.25) is 0 Å². The molecule has 2 aliphatic heterocycles. The normalized spacial score (nSPS) is 43.2. The van der Waals surface area contributed by atoms with Gasteiger partial charge in [-0.15, -0.1) is 0 Å². The number of hydrogen-bond donors (Lipinski definition) is 1. The third-order valence-electron chi connectivity index (χ3n) is 3.06. The van der Waals surface area contributed by atoms with E-state index < -0.39 is 0 Å². The molecule has 2 nitrogen and oxygen atoms in total. The summed E-state index contributed by atoms with van der Waals surface area (Å²) in [5.74, 6) is 0. The summed E-state index contributed by atoms with van der Waals surface area (Å²) in [6.07, 6.45) is 7.57. The monoisotopic (exact) mass is 169 g/mol. The van der Waals surface area contributed by atoms with Gasteiger partial charge in [0.15, 0.2) is 0 Å². The molecule has 0 amide bonds. The molecule has 2 fully saturated rings. The van der Waals surface area contributed by atoms with Crippen LogP contribution < -0.4 is 5.32 Å². The van der Waals surface area contributed by atoms with E-state index in [1.807, 2.05) is 0 Å². The van der Waals surface area contributed by atoms with Gasteiger partial charge in [-0.2, -0.15) is 0 Å². The van der Waals surface area contributed by atoms with Gasteiger partial charge in [-0.3, -0.25) is 0 Å². The number of hydrogen-bond acceptors (Lipinski definition) is 2. The minimum absolute atomic E-state index is 0.499. The Morgan fingerprint density at radius 3 is 2.67 bits per heavy atom. The van der Waals surface area contributed by atoms with E-state index in [-0.39, 0.29) is 0 Å². The lowest BCUT2D eigenvalue weighted by molar-refractivity contribution is 0.0259. The average molecular weight is 169 g/mol. The zero-order chi connectivity index (χ0) is 8.39. The van der Waals surface area contributed by atoms with Crippen LogP contribution in [0.4, 0.5) is 0 Å². The van der Waals surface area contributed by atoms with E-state index in [0.717, 1.165) is 0 Å². The van der Waals surface area contributed by atoms with Crippen molar-refractivity contribution in [3.8, 4) is 0 Å². The van der Waals surface area contributed by atoms with Crippen molar-refractivity contribution in [2.24, 2.45) is 0 Å². The van der Waals surface area contributed by atoms with Crippen LogP contribution in [-0.2, 0) is 4.74 Å². The Balaban J connectivity index is 1.83. The minimum Gasteiger partial charge on any atom is -0.374 e. The predicted molar refractivity (Wildman–Crippen MR) is 49.2 cm³/mol. The topological polar surface area (TPSA) is 21.3 Å². The highest BCUT2D eigenvalue weighted by Gasteiger charge is 2.29. The summed E-state index contributed by atoms with van der Waals surface area (Å²) in [6.45, 7) is 3.38. The summed E-state index contributed by atoms with van der Waals surface area (Å²) >= 11 is 0. The quantitative estimate of drug-likeness (QED) is 0.645. The molecule has 0 aromatic carbocycles. The van der Waals surface area contributed by atoms with Crippen molar-refractivity contribution >= 4 is 0 Å². The maximum atomic E-state index is 5.84. The van der Waals surface area contributed by atoms with Gasteiger partial charge < -0.3 is 10.1 Å². The first-order chi connectivity index (χ1) is 5.86. The fourth-order valence-corrected chi connectivity index (χ4v) is 2.33. The van der Waals surface area contributed by atoms with Crippen molar-refractivity contribution in [2.75, 3.05) is 6.54 Å². The lowest BCUT2D eigenvalue weighted by Crippen LogP contribution is -2.43. The Morgan fingerprint density at radius 1 is 1.17 bits per heavy atom. The molecule has 0 aliphatic carbocycles. The Kier molecular flexibility index (Phi) is 2.66. The predicted octanol–water partition coefficient (Wildman–Crippen LogP) is 1.70. The summed E-state index contributed by atoms with van der Waals surface area (Å²) in [5, 5.41) is 3.56. The zero-order valence-electron chi connectivity index (χ0n) is 7.88. The maximum absolute atomic E-state index is 5.84. The number of rotatable bonds is 1. The molecule has 2 aliphatic rings. The van der Waals surface area contributed by atoms with Gasteiger partial charge in [-0.1, -0.05) is 6.42 Å². The highest BCUT2D eigenvalue weighted by Crippen LogP contribution is 2.25. The van der Waals surface area contributed by atoms with Crippen molar-refractivity contribution in [3.05, 3.63) is 0 Å². The molecule has 3 unspecified atom stereocenters. The third-order valence-corrected chi connectivity index (χ3v) is 3.06. The number of ether oxygens (including phenoxy) is 1. The molecule has 2 saturated heterocycles. The molecule has 0 saturated carbocycles. The highest BCUT2D eigenvalue weighted by molar-refractivity contribution is 4.84. The van der Waals surface area contributed by atoms with Gasteiger partial charge in [0.1, 0.15) is 0 Å². The molecule has 0 aromatic heterocycles. The van der Waals surface area contributed by atoms with Crippen LogP contribution in [0.3, 0.4) is 0 Å². The fraction of sp³-hybridized carbons (Fsp3) is 1.00. The van der Waals surface area contributed by atoms with E-state index in [1.165, 1.54) is 38.6 Å². The van der Waals surface area contributed by atoms with Crippen molar-refractivity contribution in [3.63, 3.8) is 0 Å². The second-order valence-corrected chi connectivity index (χ2v) is 4.12. The van der Waals surface area contributed by atoms with Crippen LogP contribution >= 0.6 is 0 Å². The summed E-state index contributed by atoms with van der Waals surface area (Å²) in [4.78, 5) is 0. The van der Waals surface area contributed by atoms with Crippen molar-refractivity contribution in [1.29, 1.82) is 0 Å². The van der Waals surface area contributed by atoms with Crippen LogP contribution in [-0.4, -0.2) is 24.8 Å². The van der Waals surface area contributed by atoms with Crippen LogP contribution in [0.15, 0.2) is 0 Å². The molecule has 0 bridgehead atoms. The number of piperidine rings is 1. The van der Waals surface area contributed by atoms with Gasteiger partial charge in [0.25, 0.3) is 0 Å². The van der Waals surface area contributed by atoms with E-state index in [0.29, 0.717) is 18.2 Å². The first kappa shape index (κ1) is 8.52. The molecule has 0 spiro atoms. The van der Waals surface area contributed by atoms with Gasteiger partial charge in [0.05, 0.1) is 12.2 Å². The smallest absolute Gasteiger partial charge is 0.0732 e. The molecular weight excluding hydrogens is 150 g/mol. The molecule has 2 heteroatoms. The van der Waals surface area contributed by atoms with E-state index in [2.05, 4.69) is 12.2 Å². The van der Waals surface area contributed by atoms with E-state index in [4.69, 9.17) is 4.74 Å². The van der Waals surface area contributed by atoms with Gasteiger partial charge in [-0.25, -0.2) is 0 Å². The van der Waals surface area contributed by atoms with Gasteiger partial charge in [-0.05, 0) is 39.2 Å². The van der Waals surface area contributed by atoms with Crippen LogP contribution in [0.5, 0.6) is 0 Å². The second-order valence-electron chi connectivity index (χ2n) is 4.12. The van der Waals surface area contributed by atoms with Crippen molar-refractivity contribution in [1.82, 2.24) is 5.32 Å². The van der Waals surface area contributed by atoms with E-state index in [1.54, 1.807) is 0 Å². The molecule has 0 radical (unpaired) electrons.